The highest BCUT2D eigenvalue weighted by Gasteiger charge is 2.15. The number of nitrogens with one attached hydrogen (secondary N) is 1. The zero-order valence-corrected chi connectivity index (χ0v) is 16.9. The first-order valence-corrected chi connectivity index (χ1v) is 10.3. The molecule has 6 nitrogen and oxygen atoms in total. The number of nitrogens with zero attached hydrogens (tertiary/aromatic N) is 4. The van der Waals surface area contributed by atoms with Crippen LogP contribution in [0.5, 0.6) is 0 Å². The van der Waals surface area contributed by atoms with Crippen molar-refractivity contribution < 1.29 is 4.79 Å². The third-order valence-electron chi connectivity index (χ3n) is 4.13. The summed E-state index contributed by atoms with van der Waals surface area (Å²) in [5.41, 5.74) is 0.976. The molecule has 0 bridgehead atoms. The Morgan fingerprint density at radius 3 is 2.58 bits per heavy atom. The number of thioether (sulfide) groups is 1. The van der Waals surface area contributed by atoms with E-state index < -0.39 is 0 Å². The largest absolute Gasteiger partial charge is 0.353 e. The van der Waals surface area contributed by atoms with Crippen LogP contribution in [0, 0.1) is 5.92 Å². The summed E-state index contributed by atoms with van der Waals surface area (Å²) in [4.78, 5) is 16.2. The molecule has 0 aliphatic carbocycles. The SMILES string of the molecule is CCn1c(SCC(=O)N[C@@H](C)CCCC(C)C)nnc1-c1ccncc1. The molecule has 2 heterocycles. The second-order valence-corrected chi connectivity index (χ2v) is 7.81. The van der Waals surface area contributed by atoms with Crippen molar-refractivity contribution in [3.8, 4) is 11.4 Å². The Morgan fingerprint density at radius 1 is 1.19 bits per heavy atom. The topological polar surface area (TPSA) is 72.7 Å². The molecular formula is C19H29N5OS. The van der Waals surface area contributed by atoms with Crippen molar-refractivity contribution in [1.82, 2.24) is 25.1 Å². The van der Waals surface area contributed by atoms with E-state index in [0.29, 0.717) is 11.7 Å². The maximum Gasteiger partial charge on any atom is 0.230 e. The van der Waals surface area contributed by atoms with E-state index in [-0.39, 0.29) is 11.9 Å². The van der Waals surface area contributed by atoms with Gasteiger partial charge >= 0.3 is 0 Å². The zero-order chi connectivity index (χ0) is 18.9. The summed E-state index contributed by atoms with van der Waals surface area (Å²) >= 11 is 1.43. The van der Waals surface area contributed by atoms with E-state index in [0.717, 1.165) is 35.9 Å². The van der Waals surface area contributed by atoms with Gasteiger partial charge in [-0.25, -0.2) is 0 Å². The van der Waals surface area contributed by atoms with Gasteiger partial charge in [-0.05, 0) is 38.3 Å². The minimum absolute atomic E-state index is 0.0446. The van der Waals surface area contributed by atoms with Gasteiger partial charge in [-0.2, -0.15) is 0 Å². The number of hydrogen-bond acceptors (Lipinski definition) is 5. The van der Waals surface area contributed by atoms with E-state index >= 15 is 0 Å². The molecule has 0 unspecified atom stereocenters. The van der Waals surface area contributed by atoms with E-state index in [1.54, 1.807) is 12.4 Å². The lowest BCUT2D eigenvalue weighted by Gasteiger charge is -2.14. The molecule has 0 aliphatic rings. The molecule has 0 spiro atoms. The van der Waals surface area contributed by atoms with Crippen LogP contribution in [-0.2, 0) is 11.3 Å². The second kappa shape index (κ2) is 10.3. The molecule has 0 saturated carbocycles. The number of carbonyl (C=O) groups is 1. The molecule has 0 radical (unpaired) electrons. The van der Waals surface area contributed by atoms with Crippen LogP contribution >= 0.6 is 11.8 Å². The molecule has 2 rings (SSSR count). The fourth-order valence-electron chi connectivity index (χ4n) is 2.75. The van der Waals surface area contributed by atoms with Gasteiger partial charge < -0.3 is 9.88 Å². The van der Waals surface area contributed by atoms with Gasteiger partial charge in [0.2, 0.25) is 5.91 Å². The van der Waals surface area contributed by atoms with E-state index in [4.69, 9.17) is 0 Å². The van der Waals surface area contributed by atoms with Gasteiger partial charge in [0.1, 0.15) is 0 Å². The first kappa shape index (κ1) is 20.4. The minimum atomic E-state index is 0.0446. The fraction of sp³-hybridized carbons (Fsp3) is 0.579. The van der Waals surface area contributed by atoms with Gasteiger partial charge in [0, 0.05) is 30.5 Å². The summed E-state index contributed by atoms with van der Waals surface area (Å²) in [6, 6.07) is 4.03. The average molecular weight is 376 g/mol. The van der Waals surface area contributed by atoms with Crippen LogP contribution in [0.1, 0.15) is 47.0 Å². The minimum Gasteiger partial charge on any atom is -0.353 e. The van der Waals surface area contributed by atoms with Gasteiger partial charge in [0.25, 0.3) is 0 Å². The molecule has 2 aromatic rings. The molecule has 2 aromatic heterocycles. The summed E-state index contributed by atoms with van der Waals surface area (Å²) in [7, 11) is 0. The maximum absolute atomic E-state index is 12.2. The molecule has 0 saturated heterocycles. The predicted octanol–water partition coefficient (Wildman–Crippen LogP) is 3.78. The van der Waals surface area contributed by atoms with Crippen molar-refractivity contribution in [2.75, 3.05) is 5.75 Å². The van der Waals surface area contributed by atoms with Crippen LogP contribution in [-0.4, -0.2) is 37.5 Å². The number of amides is 1. The molecule has 0 fully saturated rings. The molecule has 1 amide bonds. The summed E-state index contributed by atoms with van der Waals surface area (Å²) in [5.74, 6) is 1.91. The van der Waals surface area contributed by atoms with E-state index in [1.165, 1.54) is 18.2 Å². The van der Waals surface area contributed by atoms with Gasteiger partial charge in [0.15, 0.2) is 11.0 Å². The number of pyridine rings is 1. The van der Waals surface area contributed by atoms with Crippen LogP contribution in [0.25, 0.3) is 11.4 Å². The van der Waals surface area contributed by atoms with Crippen molar-refractivity contribution in [3.05, 3.63) is 24.5 Å². The Hall–Kier alpha value is -1.89. The monoisotopic (exact) mass is 375 g/mol. The third-order valence-corrected chi connectivity index (χ3v) is 5.10. The quantitative estimate of drug-likeness (QED) is 0.640. The number of carbonyl (C=O) groups excluding carboxylic acids is 1. The normalized spacial score (nSPS) is 12.3. The van der Waals surface area contributed by atoms with Crippen LogP contribution < -0.4 is 5.32 Å². The molecule has 7 heteroatoms. The predicted molar refractivity (Wildman–Crippen MR) is 106 cm³/mol. The first-order valence-electron chi connectivity index (χ1n) is 9.27. The highest BCUT2D eigenvalue weighted by atomic mass is 32.2. The first-order chi connectivity index (χ1) is 12.5. The van der Waals surface area contributed by atoms with Crippen molar-refractivity contribution in [2.45, 2.75) is 64.7 Å². The number of hydrogen-bond donors (Lipinski definition) is 1. The zero-order valence-electron chi connectivity index (χ0n) is 16.1. The summed E-state index contributed by atoms with van der Waals surface area (Å²) in [6.45, 7) is 9.32. The third kappa shape index (κ3) is 6.12. The Kier molecular flexibility index (Phi) is 8.09. The van der Waals surface area contributed by atoms with E-state index in [1.807, 2.05) is 16.7 Å². The highest BCUT2D eigenvalue weighted by molar-refractivity contribution is 7.99. The molecule has 1 atom stereocenters. The maximum atomic E-state index is 12.2. The Bertz CT molecular complexity index is 686. The van der Waals surface area contributed by atoms with E-state index in [9.17, 15) is 4.79 Å². The average Bonchev–Trinajstić information content (AvgIpc) is 3.03. The lowest BCUT2D eigenvalue weighted by molar-refractivity contribution is -0.119. The smallest absolute Gasteiger partial charge is 0.230 e. The molecular weight excluding hydrogens is 346 g/mol. The number of rotatable bonds is 10. The molecule has 1 N–H and O–H groups in total. The van der Waals surface area contributed by atoms with Crippen LogP contribution in [0.15, 0.2) is 29.7 Å². The molecule has 142 valence electrons. The second-order valence-electron chi connectivity index (χ2n) is 6.87. The van der Waals surface area contributed by atoms with Crippen LogP contribution in [0.2, 0.25) is 0 Å². The summed E-state index contributed by atoms with van der Waals surface area (Å²) < 4.78 is 2.03. The van der Waals surface area contributed by atoms with E-state index in [2.05, 4.69) is 48.2 Å². The van der Waals surface area contributed by atoms with Gasteiger partial charge in [-0.1, -0.05) is 38.5 Å². The van der Waals surface area contributed by atoms with Crippen molar-refractivity contribution in [3.63, 3.8) is 0 Å². The standard InChI is InChI=1S/C19H29N5OS/c1-5-24-18(16-9-11-20-12-10-16)22-23-19(24)26-13-17(25)21-15(4)8-6-7-14(2)3/h9-12,14-15H,5-8,13H2,1-4H3,(H,21,25)/t15-/m0/s1. The lowest BCUT2D eigenvalue weighted by atomic mass is 10.0. The lowest BCUT2D eigenvalue weighted by Crippen LogP contribution is -2.33. The summed E-state index contributed by atoms with van der Waals surface area (Å²) in [6.07, 6.45) is 6.85. The molecule has 0 aromatic carbocycles. The van der Waals surface area contributed by atoms with Gasteiger partial charge in [0.05, 0.1) is 5.75 Å². The summed E-state index contributed by atoms with van der Waals surface area (Å²) in [5, 5.41) is 12.4. The van der Waals surface area contributed by atoms with Crippen molar-refractivity contribution in [1.29, 1.82) is 0 Å². The molecule has 0 aliphatic heterocycles. The Morgan fingerprint density at radius 2 is 1.92 bits per heavy atom. The fourth-order valence-corrected chi connectivity index (χ4v) is 3.56. The van der Waals surface area contributed by atoms with Crippen LogP contribution in [0.4, 0.5) is 0 Å². The van der Waals surface area contributed by atoms with Crippen molar-refractivity contribution in [2.24, 2.45) is 5.92 Å². The van der Waals surface area contributed by atoms with Gasteiger partial charge in [-0.3, -0.25) is 9.78 Å². The number of aromatic nitrogens is 4. The van der Waals surface area contributed by atoms with Gasteiger partial charge in [-0.15, -0.1) is 10.2 Å². The Labute approximate surface area is 160 Å². The van der Waals surface area contributed by atoms with Crippen LogP contribution in [0.3, 0.4) is 0 Å². The Balaban J connectivity index is 1.87. The molecule has 26 heavy (non-hydrogen) atoms. The highest BCUT2D eigenvalue weighted by Crippen LogP contribution is 2.23. The van der Waals surface area contributed by atoms with Crippen molar-refractivity contribution >= 4 is 17.7 Å².